The van der Waals surface area contributed by atoms with E-state index in [2.05, 4.69) is 5.32 Å². The van der Waals surface area contributed by atoms with Crippen molar-refractivity contribution >= 4 is 41.1 Å². The SMILES string of the molecule is CSCC[C@@H](NC(=O)c1ccc(Cl)cc1)C(=O)O[C@@H](C)C(=O)N(C)C. The van der Waals surface area contributed by atoms with Crippen LogP contribution in [0.3, 0.4) is 0 Å². The van der Waals surface area contributed by atoms with Crippen molar-refractivity contribution in [1.29, 1.82) is 0 Å². The van der Waals surface area contributed by atoms with Gasteiger partial charge in [-0.15, -0.1) is 0 Å². The van der Waals surface area contributed by atoms with Gasteiger partial charge in [0.05, 0.1) is 0 Å². The molecular weight excluding hydrogens is 364 g/mol. The highest BCUT2D eigenvalue weighted by Gasteiger charge is 2.27. The number of hydrogen-bond acceptors (Lipinski definition) is 5. The van der Waals surface area contributed by atoms with Gasteiger partial charge < -0.3 is 15.0 Å². The molecule has 0 aliphatic heterocycles. The Morgan fingerprint density at radius 3 is 2.36 bits per heavy atom. The zero-order valence-corrected chi connectivity index (χ0v) is 16.3. The van der Waals surface area contributed by atoms with Crippen LogP contribution in [-0.2, 0) is 14.3 Å². The maximum atomic E-state index is 12.4. The van der Waals surface area contributed by atoms with Gasteiger partial charge in [-0.2, -0.15) is 11.8 Å². The van der Waals surface area contributed by atoms with Gasteiger partial charge in [-0.05, 0) is 49.6 Å². The highest BCUT2D eigenvalue weighted by molar-refractivity contribution is 7.98. The molecule has 1 rings (SSSR count). The van der Waals surface area contributed by atoms with Crippen LogP contribution in [0.15, 0.2) is 24.3 Å². The van der Waals surface area contributed by atoms with E-state index in [0.717, 1.165) is 0 Å². The molecule has 8 heteroatoms. The van der Waals surface area contributed by atoms with Gasteiger partial charge in [0.2, 0.25) is 0 Å². The molecule has 6 nitrogen and oxygen atoms in total. The third-order valence-corrected chi connectivity index (χ3v) is 4.28. The van der Waals surface area contributed by atoms with Crippen molar-refractivity contribution < 1.29 is 19.1 Å². The minimum Gasteiger partial charge on any atom is -0.451 e. The standard InChI is InChI=1S/C17H23ClN2O4S/c1-11(16(22)20(2)3)24-17(23)14(9-10-25-4)19-15(21)12-5-7-13(18)8-6-12/h5-8,11,14H,9-10H2,1-4H3,(H,19,21)/t11-,14+/m0/s1. The van der Waals surface area contributed by atoms with Gasteiger partial charge in [0.1, 0.15) is 6.04 Å². The molecule has 2 amide bonds. The predicted molar refractivity (Wildman–Crippen MR) is 100.0 cm³/mol. The number of benzene rings is 1. The van der Waals surface area contributed by atoms with Crippen molar-refractivity contribution in [2.75, 3.05) is 26.1 Å². The molecule has 2 atom stereocenters. The van der Waals surface area contributed by atoms with Gasteiger partial charge in [0.25, 0.3) is 11.8 Å². The first-order chi connectivity index (χ1) is 11.8. The number of halogens is 1. The fraction of sp³-hybridized carbons (Fsp3) is 0.471. The second-order valence-electron chi connectivity index (χ2n) is 5.63. The molecule has 0 radical (unpaired) electrons. The van der Waals surface area contributed by atoms with E-state index < -0.39 is 24.0 Å². The van der Waals surface area contributed by atoms with Crippen LogP contribution in [-0.4, -0.2) is 60.9 Å². The molecule has 1 aromatic carbocycles. The summed E-state index contributed by atoms with van der Waals surface area (Å²) in [7, 11) is 3.17. The minimum absolute atomic E-state index is 0.319. The Morgan fingerprint density at radius 1 is 1.24 bits per heavy atom. The van der Waals surface area contributed by atoms with Crippen molar-refractivity contribution in [2.45, 2.75) is 25.5 Å². The molecule has 1 aromatic rings. The van der Waals surface area contributed by atoms with Crippen molar-refractivity contribution in [3.63, 3.8) is 0 Å². The topological polar surface area (TPSA) is 75.7 Å². The van der Waals surface area contributed by atoms with E-state index >= 15 is 0 Å². The molecule has 0 bridgehead atoms. The monoisotopic (exact) mass is 386 g/mol. The summed E-state index contributed by atoms with van der Waals surface area (Å²) < 4.78 is 5.21. The maximum Gasteiger partial charge on any atom is 0.329 e. The number of carbonyl (C=O) groups is 3. The molecule has 0 saturated carbocycles. The lowest BCUT2D eigenvalue weighted by Crippen LogP contribution is -2.45. The molecule has 0 heterocycles. The second-order valence-corrected chi connectivity index (χ2v) is 7.05. The lowest BCUT2D eigenvalue weighted by molar-refractivity contribution is -0.159. The number of likely N-dealkylation sites (N-methyl/N-ethyl adjacent to an activating group) is 1. The molecule has 0 spiro atoms. The van der Waals surface area contributed by atoms with Crippen LogP contribution in [0, 0.1) is 0 Å². The Hall–Kier alpha value is -1.73. The molecule has 0 fully saturated rings. The summed E-state index contributed by atoms with van der Waals surface area (Å²) >= 11 is 7.36. The fourth-order valence-electron chi connectivity index (χ4n) is 2.00. The summed E-state index contributed by atoms with van der Waals surface area (Å²) in [4.78, 5) is 37.9. The van der Waals surface area contributed by atoms with Crippen LogP contribution in [0.5, 0.6) is 0 Å². The number of thioether (sulfide) groups is 1. The number of nitrogens with one attached hydrogen (secondary N) is 1. The number of nitrogens with zero attached hydrogens (tertiary/aromatic N) is 1. The number of amides is 2. The normalized spacial score (nSPS) is 12.8. The Morgan fingerprint density at radius 2 is 1.84 bits per heavy atom. The Balaban J connectivity index is 2.78. The first-order valence-corrected chi connectivity index (χ1v) is 9.50. The van der Waals surface area contributed by atoms with Crippen LogP contribution < -0.4 is 5.32 Å². The van der Waals surface area contributed by atoms with Gasteiger partial charge in [0.15, 0.2) is 6.10 Å². The first-order valence-electron chi connectivity index (χ1n) is 7.73. The van der Waals surface area contributed by atoms with E-state index in [0.29, 0.717) is 22.8 Å². The van der Waals surface area contributed by atoms with E-state index in [-0.39, 0.29) is 5.91 Å². The third kappa shape index (κ3) is 6.96. The van der Waals surface area contributed by atoms with E-state index in [1.165, 1.54) is 11.8 Å². The average molecular weight is 387 g/mol. The number of esters is 1. The molecule has 0 saturated heterocycles. The molecule has 0 aromatic heterocycles. The zero-order valence-electron chi connectivity index (χ0n) is 14.7. The molecule has 138 valence electrons. The summed E-state index contributed by atoms with van der Waals surface area (Å²) in [5, 5.41) is 3.19. The Kier molecular flexibility index (Phi) is 8.78. The van der Waals surface area contributed by atoms with Crippen LogP contribution in [0.2, 0.25) is 5.02 Å². The number of ether oxygens (including phenoxy) is 1. The van der Waals surface area contributed by atoms with Crippen molar-refractivity contribution in [1.82, 2.24) is 10.2 Å². The van der Waals surface area contributed by atoms with E-state index in [4.69, 9.17) is 16.3 Å². The molecule has 0 aliphatic carbocycles. The zero-order chi connectivity index (χ0) is 19.0. The van der Waals surface area contributed by atoms with Gasteiger partial charge in [0, 0.05) is 24.7 Å². The van der Waals surface area contributed by atoms with Crippen LogP contribution >= 0.6 is 23.4 Å². The fourth-order valence-corrected chi connectivity index (χ4v) is 2.60. The molecule has 1 N–H and O–H groups in total. The summed E-state index contributed by atoms with van der Waals surface area (Å²) in [6, 6.07) is 5.53. The summed E-state index contributed by atoms with van der Waals surface area (Å²) in [5.41, 5.74) is 0.392. The largest absolute Gasteiger partial charge is 0.451 e. The van der Waals surface area contributed by atoms with Crippen molar-refractivity contribution in [3.05, 3.63) is 34.9 Å². The molecular formula is C17H23ClN2O4S. The molecule has 25 heavy (non-hydrogen) atoms. The van der Waals surface area contributed by atoms with Crippen LogP contribution in [0.4, 0.5) is 0 Å². The number of carbonyl (C=O) groups excluding carboxylic acids is 3. The first kappa shape index (κ1) is 21.3. The van der Waals surface area contributed by atoms with Gasteiger partial charge in [-0.25, -0.2) is 4.79 Å². The molecule has 0 unspecified atom stereocenters. The van der Waals surface area contributed by atoms with Gasteiger partial charge >= 0.3 is 5.97 Å². The second kappa shape index (κ2) is 10.3. The highest BCUT2D eigenvalue weighted by Crippen LogP contribution is 2.11. The van der Waals surface area contributed by atoms with Gasteiger partial charge in [-0.1, -0.05) is 11.6 Å². The summed E-state index contributed by atoms with van der Waals surface area (Å²) in [6.45, 7) is 1.51. The quantitative estimate of drug-likeness (QED) is 0.693. The van der Waals surface area contributed by atoms with Crippen molar-refractivity contribution in [2.24, 2.45) is 0 Å². The van der Waals surface area contributed by atoms with Crippen LogP contribution in [0.1, 0.15) is 23.7 Å². The Bertz CT molecular complexity index is 607. The lowest BCUT2D eigenvalue weighted by Gasteiger charge is -2.21. The predicted octanol–water partition coefficient (Wildman–Crippen LogP) is 2.21. The number of rotatable bonds is 8. The van der Waals surface area contributed by atoms with Crippen molar-refractivity contribution in [3.8, 4) is 0 Å². The third-order valence-electron chi connectivity index (χ3n) is 3.39. The minimum atomic E-state index is -0.910. The van der Waals surface area contributed by atoms with E-state index in [1.54, 1.807) is 50.1 Å². The average Bonchev–Trinajstić information content (AvgIpc) is 2.57. The smallest absolute Gasteiger partial charge is 0.329 e. The lowest BCUT2D eigenvalue weighted by atomic mass is 10.1. The summed E-state index contributed by atoms with van der Waals surface area (Å²) in [5.74, 6) is -0.678. The van der Waals surface area contributed by atoms with Crippen LogP contribution in [0.25, 0.3) is 0 Å². The maximum absolute atomic E-state index is 12.4. The van der Waals surface area contributed by atoms with E-state index in [1.807, 2.05) is 6.26 Å². The van der Waals surface area contributed by atoms with Gasteiger partial charge in [-0.3, -0.25) is 9.59 Å². The summed E-state index contributed by atoms with van der Waals surface area (Å²) in [6.07, 6.45) is 1.40. The number of hydrogen-bond donors (Lipinski definition) is 1. The van der Waals surface area contributed by atoms with E-state index in [9.17, 15) is 14.4 Å². The Labute approximate surface area is 157 Å². The molecule has 0 aliphatic rings. The highest BCUT2D eigenvalue weighted by atomic mass is 35.5.